The second-order valence-corrected chi connectivity index (χ2v) is 8.51. The van der Waals surface area contributed by atoms with Gasteiger partial charge in [-0.2, -0.15) is 0 Å². The molecule has 0 saturated carbocycles. The van der Waals surface area contributed by atoms with Gasteiger partial charge in [-0.25, -0.2) is 4.79 Å². The Hall–Kier alpha value is -3.19. The van der Waals surface area contributed by atoms with Gasteiger partial charge >= 0.3 is 5.97 Å². The van der Waals surface area contributed by atoms with Crippen LogP contribution in [0.3, 0.4) is 0 Å². The molecule has 0 aromatic heterocycles. The first kappa shape index (κ1) is 23.0. The maximum atomic E-state index is 12.9. The van der Waals surface area contributed by atoms with Crippen molar-refractivity contribution < 1.29 is 28.5 Å². The number of nitrogens with zero attached hydrogens (tertiary/aromatic N) is 1. The van der Waals surface area contributed by atoms with Gasteiger partial charge in [0.05, 0.1) is 34.0 Å². The second-order valence-electron chi connectivity index (χ2n) is 8.51. The molecule has 1 saturated heterocycles. The number of likely N-dealkylation sites (N-methyl/N-ethyl adjacent to an activating group) is 1. The van der Waals surface area contributed by atoms with Crippen molar-refractivity contribution in [1.82, 2.24) is 4.90 Å². The van der Waals surface area contributed by atoms with Crippen LogP contribution in [-0.2, 0) is 10.2 Å². The highest BCUT2D eigenvalue weighted by atomic mass is 16.5. The minimum Gasteiger partial charge on any atom is -0.493 e. The minimum absolute atomic E-state index is 0.0620. The van der Waals surface area contributed by atoms with Gasteiger partial charge in [0, 0.05) is 17.9 Å². The number of hydrogen-bond acceptors (Lipinski definition) is 7. The normalized spacial score (nSPS) is 22.2. The first-order chi connectivity index (χ1) is 15.9. The zero-order chi connectivity index (χ0) is 23.6. The van der Waals surface area contributed by atoms with Gasteiger partial charge in [-0.1, -0.05) is 6.07 Å². The molecule has 1 heterocycles. The molecule has 7 nitrogen and oxygen atoms in total. The lowest BCUT2D eigenvalue weighted by Gasteiger charge is -2.40. The van der Waals surface area contributed by atoms with Gasteiger partial charge in [-0.05, 0) is 68.4 Å². The Balaban J connectivity index is 1.58. The summed E-state index contributed by atoms with van der Waals surface area (Å²) in [5.41, 5.74) is 1.58. The number of hydrogen-bond donors (Lipinski definition) is 0. The fourth-order valence-corrected chi connectivity index (χ4v) is 5.10. The van der Waals surface area contributed by atoms with E-state index in [1.165, 1.54) is 5.56 Å². The van der Waals surface area contributed by atoms with Crippen LogP contribution in [0.4, 0.5) is 0 Å². The van der Waals surface area contributed by atoms with Crippen LogP contribution in [0.1, 0.15) is 35.2 Å². The molecule has 1 fully saturated rings. The van der Waals surface area contributed by atoms with Crippen LogP contribution in [-0.4, -0.2) is 58.9 Å². The molecule has 33 heavy (non-hydrogen) atoms. The van der Waals surface area contributed by atoms with E-state index in [0.29, 0.717) is 29.2 Å². The molecule has 2 aromatic carbocycles. The van der Waals surface area contributed by atoms with E-state index >= 15 is 0 Å². The SMILES string of the molecule is COc1ccc(C(=O)OC2=CC[C@@]3(c4ccc(OC)c(OC)c4)CCN(C)[C@H]3C2)cc1OC. The van der Waals surface area contributed by atoms with E-state index in [4.69, 9.17) is 23.7 Å². The number of ether oxygens (including phenoxy) is 5. The number of esters is 1. The van der Waals surface area contributed by atoms with Gasteiger partial charge in [-0.15, -0.1) is 0 Å². The summed E-state index contributed by atoms with van der Waals surface area (Å²) in [4.78, 5) is 15.2. The van der Waals surface area contributed by atoms with E-state index in [2.05, 4.69) is 30.2 Å². The van der Waals surface area contributed by atoms with Crippen LogP contribution in [0.2, 0.25) is 0 Å². The predicted octanol–water partition coefficient (Wildman–Crippen LogP) is 4.20. The number of methoxy groups -OCH3 is 4. The fraction of sp³-hybridized carbons (Fsp3) is 0.423. The molecule has 7 heteroatoms. The first-order valence-corrected chi connectivity index (χ1v) is 11.0. The third kappa shape index (κ3) is 4.13. The Morgan fingerprint density at radius 1 is 0.909 bits per heavy atom. The van der Waals surface area contributed by atoms with Crippen molar-refractivity contribution in [2.75, 3.05) is 42.0 Å². The summed E-state index contributed by atoms with van der Waals surface area (Å²) >= 11 is 0. The maximum absolute atomic E-state index is 12.9. The van der Waals surface area contributed by atoms with Gasteiger partial charge in [-0.3, -0.25) is 0 Å². The van der Waals surface area contributed by atoms with Gasteiger partial charge in [0.2, 0.25) is 0 Å². The molecule has 1 aliphatic heterocycles. The standard InChI is InChI=1S/C26H31NO6/c1-27-13-12-26(18-7-9-21(30-3)23(15-18)32-5)11-10-19(16-24(26)27)33-25(28)17-6-8-20(29-2)22(14-17)31-4/h6-10,14-15,24H,11-13,16H2,1-5H3/t24-,26-/m0/s1. The summed E-state index contributed by atoms with van der Waals surface area (Å²) in [5.74, 6) is 2.81. The number of carbonyl (C=O) groups excluding carboxylic acids is 1. The molecule has 0 amide bonds. The summed E-state index contributed by atoms with van der Waals surface area (Å²) in [5, 5.41) is 0. The van der Waals surface area contributed by atoms with E-state index in [0.717, 1.165) is 30.9 Å². The zero-order valence-corrected chi connectivity index (χ0v) is 19.8. The first-order valence-electron chi connectivity index (χ1n) is 11.0. The van der Waals surface area contributed by atoms with Gasteiger partial charge in [0.1, 0.15) is 5.76 Å². The third-order valence-electron chi connectivity index (χ3n) is 6.97. The van der Waals surface area contributed by atoms with Crippen LogP contribution >= 0.6 is 0 Å². The fourth-order valence-electron chi connectivity index (χ4n) is 5.10. The number of carbonyl (C=O) groups is 1. The van der Waals surface area contributed by atoms with Crippen molar-refractivity contribution in [2.24, 2.45) is 0 Å². The van der Waals surface area contributed by atoms with Crippen LogP contribution in [0.25, 0.3) is 0 Å². The molecular formula is C26H31NO6. The Morgan fingerprint density at radius 3 is 2.21 bits per heavy atom. The number of allylic oxidation sites excluding steroid dienone is 1. The zero-order valence-electron chi connectivity index (χ0n) is 19.8. The number of rotatable bonds is 7. The molecule has 4 rings (SSSR count). The molecule has 2 atom stereocenters. The number of likely N-dealkylation sites (tertiary alicyclic amines) is 1. The van der Waals surface area contributed by atoms with Gasteiger partial charge < -0.3 is 28.6 Å². The Kier molecular flexibility index (Phi) is 6.51. The lowest BCUT2D eigenvalue weighted by molar-refractivity contribution is 0.0579. The highest BCUT2D eigenvalue weighted by molar-refractivity contribution is 5.91. The summed E-state index contributed by atoms with van der Waals surface area (Å²) in [6.07, 6.45) is 4.53. The van der Waals surface area contributed by atoms with Crippen molar-refractivity contribution >= 4 is 5.97 Å². The van der Waals surface area contributed by atoms with Crippen molar-refractivity contribution in [3.8, 4) is 23.0 Å². The molecule has 2 aromatic rings. The Morgan fingerprint density at radius 2 is 1.55 bits per heavy atom. The van der Waals surface area contributed by atoms with Crippen molar-refractivity contribution in [2.45, 2.75) is 30.7 Å². The monoisotopic (exact) mass is 453 g/mol. The van der Waals surface area contributed by atoms with Gasteiger partial charge in [0.25, 0.3) is 0 Å². The summed E-state index contributed by atoms with van der Waals surface area (Å²) in [6, 6.07) is 11.4. The minimum atomic E-state index is -0.401. The third-order valence-corrected chi connectivity index (χ3v) is 6.97. The largest absolute Gasteiger partial charge is 0.493 e. The average Bonchev–Trinajstić information content (AvgIpc) is 3.19. The molecule has 0 bridgehead atoms. The number of benzene rings is 2. The van der Waals surface area contributed by atoms with Crippen LogP contribution in [0.15, 0.2) is 48.2 Å². The van der Waals surface area contributed by atoms with Crippen molar-refractivity contribution in [1.29, 1.82) is 0 Å². The molecule has 1 aliphatic carbocycles. The van der Waals surface area contributed by atoms with Crippen LogP contribution < -0.4 is 18.9 Å². The Labute approximate surface area is 194 Å². The lowest BCUT2D eigenvalue weighted by Crippen LogP contribution is -2.43. The van der Waals surface area contributed by atoms with E-state index in [-0.39, 0.29) is 11.5 Å². The molecule has 0 radical (unpaired) electrons. The maximum Gasteiger partial charge on any atom is 0.343 e. The predicted molar refractivity (Wildman–Crippen MR) is 125 cm³/mol. The molecular weight excluding hydrogens is 422 g/mol. The molecule has 176 valence electrons. The van der Waals surface area contributed by atoms with E-state index < -0.39 is 5.97 Å². The highest BCUT2D eigenvalue weighted by Gasteiger charge is 2.49. The smallest absolute Gasteiger partial charge is 0.343 e. The van der Waals surface area contributed by atoms with E-state index in [9.17, 15) is 4.79 Å². The molecule has 0 N–H and O–H groups in total. The molecule has 0 unspecified atom stereocenters. The summed E-state index contributed by atoms with van der Waals surface area (Å²) in [6.45, 7) is 0.976. The second kappa shape index (κ2) is 9.35. The topological polar surface area (TPSA) is 66.5 Å². The quantitative estimate of drug-likeness (QED) is 0.582. The summed E-state index contributed by atoms with van der Waals surface area (Å²) in [7, 11) is 8.53. The lowest BCUT2D eigenvalue weighted by atomic mass is 9.68. The van der Waals surface area contributed by atoms with Crippen molar-refractivity contribution in [3.05, 3.63) is 59.4 Å². The van der Waals surface area contributed by atoms with Gasteiger partial charge in [0.15, 0.2) is 23.0 Å². The highest BCUT2D eigenvalue weighted by Crippen LogP contribution is 2.49. The summed E-state index contributed by atoms with van der Waals surface area (Å²) < 4.78 is 27.4. The van der Waals surface area contributed by atoms with Crippen LogP contribution in [0.5, 0.6) is 23.0 Å². The Bertz CT molecular complexity index is 1060. The van der Waals surface area contributed by atoms with Crippen molar-refractivity contribution in [3.63, 3.8) is 0 Å². The average molecular weight is 454 g/mol. The number of fused-ring (bicyclic) bond motifs is 1. The van der Waals surface area contributed by atoms with E-state index in [1.54, 1.807) is 46.6 Å². The molecule has 2 aliphatic rings. The molecule has 0 spiro atoms. The van der Waals surface area contributed by atoms with E-state index in [1.807, 2.05) is 6.07 Å². The van der Waals surface area contributed by atoms with Crippen LogP contribution in [0, 0.1) is 0 Å².